The van der Waals surface area contributed by atoms with Crippen molar-refractivity contribution in [1.82, 2.24) is 9.78 Å². The van der Waals surface area contributed by atoms with Crippen molar-refractivity contribution in [2.45, 2.75) is 32.5 Å². The molecule has 2 atom stereocenters. The standard InChI is InChI=1S/C11H20N2O2/c1-8(2)11(15-4)10(14)5-9-6-12-13(3)7-9/h6-8,10-11,14H,5H2,1-4H3. The predicted octanol–water partition coefficient (Wildman–Crippen LogP) is 0.994. The Morgan fingerprint density at radius 3 is 2.60 bits per heavy atom. The van der Waals surface area contributed by atoms with E-state index in [2.05, 4.69) is 5.10 Å². The van der Waals surface area contributed by atoms with E-state index < -0.39 is 6.10 Å². The van der Waals surface area contributed by atoms with Crippen molar-refractivity contribution < 1.29 is 9.84 Å². The van der Waals surface area contributed by atoms with E-state index in [1.807, 2.05) is 27.1 Å². The summed E-state index contributed by atoms with van der Waals surface area (Å²) < 4.78 is 7.01. The van der Waals surface area contributed by atoms with E-state index >= 15 is 0 Å². The van der Waals surface area contributed by atoms with Gasteiger partial charge in [-0.1, -0.05) is 13.8 Å². The van der Waals surface area contributed by atoms with E-state index in [-0.39, 0.29) is 6.10 Å². The SMILES string of the molecule is COC(C(C)C)C(O)Cc1cnn(C)c1. The van der Waals surface area contributed by atoms with Crippen molar-refractivity contribution in [2.24, 2.45) is 13.0 Å². The van der Waals surface area contributed by atoms with Crippen LogP contribution < -0.4 is 0 Å². The van der Waals surface area contributed by atoms with Gasteiger partial charge in [-0.15, -0.1) is 0 Å². The Balaban J connectivity index is 2.57. The molecule has 86 valence electrons. The smallest absolute Gasteiger partial charge is 0.0856 e. The highest BCUT2D eigenvalue weighted by Crippen LogP contribution is 2.14. The maximum absolute atomic E-state index is 9.98. The molecule has 0 saturated heterocycles. The lowest BCUT2D eigenvalue weighted by atomic mass is 9.97. The molecule has 0 spiro atoms. The first-order chi connectivity index (χ1) is 7.04. The molecule has 1 heterocycles. The lowest BCUT2D eigenvalue weighted by molar-refractivity contribution is -0.0368. The van der Waals surface area contributed by atoms with Crippen LogP contribution in [0.1, 0.15) is 19.4 Å². The van der Waals surface area contributed by atoms with E-state index in [1.54, 1.807) is 18.0 Å². The topological polar surface area (TPSA) is 47.3 Å². The van der Waals surface area contributed by atoms with Crippen molar-refractivity contribution in [3.8, 4) is 0 Å². The van der Waals surface area contributed by atoms with Crippen LogP contribution in [0.5, 0.6) is 0 Å². The molecule has 4 heteroatoms. The van der Waals surface area contributed by atoms with Crippen LogP contribution in [0.15, 0.2) is 12.4 Å². The zero-order chi connectivity index (χ0) is 11.4. The number of methoxy groups -OCH3 is 1. The molecule has 0 aliphatic heterocycles. The molecule has 0 saturated carbocycles. The van der Waals surface area contributed by atoms with Crippen molar-refractivity contribution in [3.05, 3.63) is 18.0 Å². The summed E-state index contributed by atoms with van der Waals surface area (Å²) in [6.07, 6.45) is 3.68. The fourth-order valence-corrected chi connectivity index (χ4v) is 1.81. The molecular formula is C11H20N2O2. The van der Waals surface area contributed by atoms with Gasteiger partial charge in [-0.05, 0) is 11.5 Å². The third-order valence-corrected chi connectivity index (χ3v) is 2.51. The van der Waals surface area contributed by atoms with Crippen LogP contribution in [0.4, 0.5) is 0 Å². The number of ether oxygens (including phenoxy) is 1. The quantitative estimate of drug-likeness (QED) is 0.792. The molecule has 0 amide bonds. The molecule has 0 aliphatic carbocycles. The minimum Gasteiger partial charge on any atom is -0.390 e. The fourth-order valence-electron chi connectivity index (χ4n) is 1.81. The molecule has 1 aromatic heterocycles. The van der Waals surface area contributed by atoms with Gasteiger partial charge in [0.1, 0.15) is 0 Å². The van der Waals surface area contributed by atoms with Crippen LogP contribution in [0, 0.1) is 5.92 Å². The van der Waals surface area contributed by atoms with Gasteiger partial charge >= 0.3 is 0 Å². The van der Waals surface area contributed by atoms with E-state index in [1.165, 1.54) is 0 Å². The van der Waals surface area contributed by atoms with Gasteiger partial charge in [0.25, 0.3) is 0 Å². The van der Waals surface area contributed by atoms with Crippen LogP contribution in [0.3, 0.4) is 0 Å². The first kappa shape index (κ1) is 12.2. The molecule has 0 fully saturated rings. The lowest BCUT2D eigenvalue weighted by Crippen LogP contribution is -2.34. The van der Waals surface area contributed by atoms with E-state index in [0.29, 0.717) is 12.3 Å². The summed E-state index contributed by atoms with van der Waals surface area (Å²) in [7, 11) is 3.50. The largest absolute Gasteiger partial charge is 0.390 e. The summed E-state index contributed by atoms with van der Waals surface area (Å²) in [5.74, 6) is 0.307. The molecule has 0 radical (unpaired) electrons. The number of aromatic nitrogens is 2. The summed E-state index contributed by atoms with van der Waals surface area (Å²) in [6, 6.07) is 0. The second-order valence-corrected chi connectivity index (χ2v) is 4.24. The fraction of sp³-hybridized carbons (Fsp3) is 0.727. The number of nitrogens with zero attached hydrogens (tertiary/aromatic N) is 2. The van der Waals surface area contributed by atoms with Gasteiger partial charge in [0.15, 0.2) is 0 Å². The number of hydrogen-bond donors (Lipinski definition) is 1. The molecule has 1 N–H and O–H groups in total. The van der Waals surface area contributed by atoms with Gasteiger partial charge in [0, 0.05) is 26.8 Å². The van der Waals surface area contributed by atoms with Crippen LogP contribution >= 0.6 is 0 Å². The highest BCUT2D eigenvalue weighted by atomic mass is 16.5. The molecular weight excluding hydrogens is 192 g/mol. The average Bonchev–Trinajstić information content (AvgIpc) is 2.51. The van der Waals surface area contributed by atoms with E-state index in [4.69, 9.17) is 4.74 Å². The molecule has 0 aliphatic rings. The van der Waals surface area contributed by atoms with Crippen molar-refractivity contribution >= 4 is 0 Å². The minimum atomic E-state index is -0.473. The predicted molar refractivity (Wildman–Crippen MR) is 58.6 cm³/mol. The minimum absolute atomic E-state index is 0.120. The van der Waals surface area contributed by atoms with Gasteiger partial charge in [-0.3, -0.25) is 4.68 Å². The van der Waals surface area contributed by atoms with Crippen molar-refractivity contribution in [3.63, 3.8) is 0 Å². The van der Waals surface area contributed by atoms with Crippen LogP contribution in [-0.4, -0.2) is 34.2 Å². The summed E-state index contributed by atoms with van der Waals surface area (Å²) in [5.41, 5.74) is 1.03. The Bertz CT molecular complexity index is 297. The lowest BCUT2D eigenvalue weighted by Gasteiger charge is -2.24. The Hall–Kier alpha value is -0.870. The van der Waals surface area contributed by atoms with Crippen LogP contribution in [0.2, 0.25) is 0 Å². The number of rotatable bonds is 5. The Labute approximate surface area is 90.9 Å². The Kier molecular flexibility index (Phi) is 4.29. The number of aryl methyl sites for hydroxylation is 1. The summed E-state index contributed by atoms with van der Waals surface area (Å²) in [5, 5.41) is 14.0. The molecule has 0 aromatic carbocycles. The van der Waals surface area contributed by atoms with Gasteiger partial charge in [0.05, 0.1) is 18.4 Å². The monoisotopic (exact) mass is 212 g/mol. The highest BCUT2D eigenvalue weighted by Gasteiger charge is 2.22. The molecule has 1 aromatic rings. The van der Waals surface area contributed by atoms with Crippen LogP contribution in [-0.2, 0) is 18.2 Å². The zero-order valence-corrected chi connectivity index (χ0v) is 9.84. The number of aliphatic hydroxyl groups excluding tert-OH is 1. The third kappa shape index (κ3) is 3.32. The van der Waals surface area contributed by atoms with E-state index in [9.17, 15) is 5.11 Å². The summed E-state index contributed by atoms with van der Waals surface area (Å²) >= 11 is 0. The molecule has 4 nitrogen and oxygen atoms in total. The zero-order valence-electron chi connectivity index (χ0n) is 9.84. The second-order valence-electron chi connectivity index (χ2n) is 4.24. The highest BCUT2D eigenvalue weighted by molar-refractivity contribution is 5.05. The number of hydrogen-bond acceptors (Lipinski definition) is 3. The van der Waals surface area contributed by atoms with Gasteiger partial charge in [-0.2, -0.15) is 5.10 Å². The Morgan fingerprint density at radius 1 is 1.53 bits per heavy atom. The summed E-state index contributed by atoms with van der Waals surface area (Å²) in [4.78, 5) is 0. The van der Waals surface area contributed by atoms with Crippen molar-refractivity contribution in [1.29, 1.82) is 0 Å². The average molecular weight is 212 g/mol. The number of aliphatic hydroxyl groups is 1. The second kappa shape index (κ2) is 5.28. The molecule has 0 bridgehead atoms. The van der Waals surface area contributed by atoms with Crippen molar-refractivity contribution in [2.75, 3.05) is 7.11 Å². The first-order valence-corrected chi connectivity index (χ1v) is 5.23. The molecule has 2 unspecified atom stereocenters. The first-order valence-electron chi connectivity index (χ1n) is 5.23. The Morgan fingerprint density at radius 2 is 2.20 bits per heavy atom. The maximum Gasteiger partial charge on any atom is 0.0856 e. The third-order valence-electron chi connectivity index (χ3n) is 2.51. The summed E-state index contributed by atoms with van der Waals surface area (Å²) in [6.45, 7) is 4.08. The van der Waals surface area contributed by atoms with Gasteiger partial charge in [-0.25, -0.2) is 0 Å². The van der Waals surface area contributed by atoms with E-state index in [0.717, 1.165) is 5.56 Å². The molecule has 1 rings (SSSR count). The maximum atomic E-state index is 9.98. The molecule has 15 heavy (non-hydrogen) atoms. The van der Waals surface area contributed by atoms with Crippen LogP contribution in [0.25, 0.3) is 0 Å². The normalized spacial score (nSPS) is 15.6. The van der Waals surface area contributed by atoms with Gasteiger partial charge in [0.2, 0.25) is 0 Å². The van der Waals surface area contributed by atoms with Gasteiger partial charge < -0.3 is 9.84 Å².